The summed E-state index contributed by atoms with van der Waals surface area (Å²) in [6, 6.07) is 3.74. The Balaban J connectivity index is 3.43. The number of nitrogens with zero attached hydrogens (tertiary/aromatic N) is 2. The molecule has 0 aliphatic rings. The first-order valence-corrected chi connectivity index (χ1v) is 7.70. The summed E-state index contributed by atoms with van der Waals surface area (Å²) < 4.78 is 26.1. The number of hydrogen-bond donors (Lipinski definition) is 2. The van der Waals surface area contributed by atoms with E-state index in [2.05, 4.69) is 0 Å². The van der Waals surface area contributed by atoms with Crippen molar-refractivity contribution in [3.8, 4) is 0 Å². The number of nitrogen functional groups attached to an aromatic ring is 1. The van der Waals surface area contributed by atoms with E-state index in [1.54, 1.807) is 6.92 Å². The quantitative estimate of drug-likeness (QED) is 0.457. The molecule has 0 spiro atoms. The molecule has 8 nitrogen and oxygen atoms in total. The van der Waals surface area contributed by atoms with Crippen molar-refractivity contribution in [2.45, 2.75) is 31.3 Å². The normalized spacial score (nSPS) is 12.6. The van der Waals surface area contributed by atoms with E-state index in [0.717, 1.165) is 10.4 Å². The predicted octanol–water partition coefficient (Wildman–Crippen LogP) is 0.959. The fraction of sp³-hybridized carbons (Fsp3) is 0.500. The van der Waals surface area contributed by atoms with Gasteiger partial charge in [0.05, 0.1) is 10.5 Å². The number of likely N-dealkylation sites (N-methyl/N-ethyl adjacent to an activating group) is 1. The van der Waals surface area contributed by atoms with Crippen molar-refractivity contribution in [2.75, 3.05) is 18.8 Å². The van der Waals surface area contributed by atoms with Crippen LogP contribution >= 0.6 is 0 Å². The Morgan fingerprint density at radius 2 is 2.00 bits per heavy atom. The molecule has 0 saturated heterocycles. The first kappa shape index (κ1) is 17.3. The van der Waals surface area contributed by atoms with E-state index in [4.69, 9.17) is 5.73 Å². The molecule has 0 aromatic heterocycles. The van der Waals surface area contributed by atoms with E-state index in [9.17, 15) is 23.6 Å². The molecule has 118 valence electrons. The Hall–Kier alpha value is -1.71. The molecule has 9 heteroatoms. The highest BCUT2D eigenvalue weighted by molar-refractivity contribution is 7.89. The van der Waals surface area contributed by atoms with Gasteiger partial charge in [0.2, 0.25) is 10.0 Å². The minimum Gasteiger partial charge on any atom is -0.393 e. The summed E-state index contributed by atoms with van der Waals surface area (Å²) >= 11 is 0. The van der Waals surface area contributed by atoms with Crippen molar-refractivity contribution in [3.05, 3.63) is 28.3 Å². The van der Waals surface area contributed by atoms with Gasteiger partial charge in [-0.1, -0.05) is 13.0 Å². The molecular formula is C12H19N3O5S. The van der Waals surface area contributed by atoms with Crippen molar-refractivity contribution in [1.29, 1.82) is 0 Å². The topological polar surface area (TPSA) is 127 Å². The number of rotatable bonds is 6. The molecule has 0 radical (unpaired) electrons. The lowest BCUT2D eigenvalue weighted by atomic mass is 10.1. The lowest BCUT2D eigenvalue weighted by Gasteiger charge is -2.27. The van der Waals surface area contributed by atoms with Gasteiger partial charge in [0.1, 0.15) is 5.69 Å². The molecule has 0 heterocycles. The number of nitro groups is 1. The van der Waals surface area contributed by atoms with Crippen LogP contribution in [0.25, 0.3) is 0 Å². The molecule has 0 unspecified atom stereocenters. The van der Waals surface area contributed by atoms with Crippen LogP contribution in [-0.4, -0.2) is 41.4 Å². The van der Waals surface area contributed by atoms with Crippen molar-refractivity contribution in [3.63, 3.8) is 0 Å². The predicted molar refractivity (Wildman–Crippen MR) is 78.2 cm³/mol. The Bertz CT molecular complexity index is 637. The highest BCUT2D eigenvalue weighted by Gasteiger charge is 2.34. The fourth-order valence-corrected chi connectivity index (χ4v) is 3.67. The number of anilines is 1. The molecule has 21 heavy (non-hydrogen) atoms. The van der Waals surface area contributed by atoms with Crippen LogP contribution in [0.15, 0.2) is 23.1 Å². The van der Waals surface area contributed by atoms with Gasteiger partial charge in [-0.05, 0) is 26.0 Å². The van der Waals surface area contributed by atoms with Gasteiger partial charge in [0.15, 0.2) is 4.90 Å². The number of benzene rings is 1. The molecule has 0 atom stereocenters. The first-order chi connectivity index (χ1) is 9.50. The van der Waals surface area contributed by atoms with Gasteiger partial charge in [0.25, 0.3) is 0 Å². The summed E-state index contributed by atoms with van der Waals surface area (Å²) in [6.45, 7) is 4.38. The van der Waals surface area contributed by atoms with E-state index >= 15 is 0 Å². The maximum atomic E-state index is 12.6. The summed E-state index contributed by atoms with van der Waals surface area (Å²) in [5.41, 5.74) is 3.38. The molecule has 1 aromatic carbocycles. The van der Waals surface area contributed by atoms with Crippen molar-refractivity contribution >= 4 is 21.4 Å². The third-order valence-electron chi connectivity index (χ3n) is 2.75. The third kappa shape index (κ3) is 3.90. The highest BCUT2D eigenvalue weighted by Crippen LogP contribution is 2.32. The fourth-order valence-electron chi connectivity index (χ4n) is 1.88. The maximum Gasteiger partial charge on any atom is 0.312 e. The molecule has 0 saturated carbocycles. The number of hydrogen-bond acceptors (Lipinski definition) is 6. The van der Waals surface area contributed by atoms with Crippen molar-refractivity contribution < 1.29 is 18.4 Å². The average molecular weight is 317 g/mol. The number of nitrogens with two attached hydrogens (primary N) is 1. The van der Waals surface area contributed by atoms with Crippen LogP contribution in [0, 0.1) is 10.1 Å². The summed E-state index contributed by atoms with van der Waals surface area (Å²) in [7, 11) is -4.13. The third-order valence-corrected chi connectivity index (χ3v) is 4.70. The standard InChI is InChI=1S/C12H19N3O5S/c1-4-14(8-12(2,3)16)21(19,20)10-7-5-6-9(13)11(10)15(17)18/h5-7,16H,4,8,13H2,1-3H3. The van der Waals surface area contributed by atoms with Crippen LogP contribution in [0.3, 0.4) is 0 Å². The summed E-state index contributed by atoms with van der Waals surface area (Å²) in [6.07, 6.45) is 0. The molecule has 1 aromatic rings. The van der Waals surface area contributed by atoms with Gasteiger partial charge in [0, 0.05) is 13.1 Å². The Morgan fingerprint density at radius 3 is 2.43 bits per heavy atom. The minimum atomic E-state index is -4.13. The number of para-hydroxylation sites is 1. The lowest BCUT2D eigenvalue weighted by molar-refractivity contribution is -0.386. The molecule has 0 amide bonds. The monoisotopic (exact) mass is 317 g/mol. The van der Waals surface area contributed by atoms with E-state index in [1.165, 1.54) is 26.0 Å². The second kappa shape index (κ2) is 5.96. The molecule has 0 aliphatic heterocycles. The highest BCUT2D eigenvalue weighted by atomic mass is 32.2. The second-order valence-corrected chi connectivity index (χ2v) is 7.10. The van der Waals surface area contributed by atoms with E-state index in [1.807, 2.05) is 0 Å². The summed E-state index contributed by atoms with van der Waals surface area (Å²) in [5.74, 6) is 0. The van der Waals surface area contributed by atoms with Crippen molar-refractivity contribution in [1.82, 2.24) is 4.31 Å². The molecule has 3 N–H and O–H groups in total. The molecular weight excluding hydrogens is 298 g/mol. The minimum absolute atomic E-state index is 0.0677. The Morgan fingerprint density at radius 1 is 1.43 bits per heavy atom. The smallest absolute Gasteiger partial charge is 0.312 e. The molecule has 0 aliphatic carbocycles. The van der Waals surface area contributed by atoms with Crippen LogP contribution < -0.4 is 5.73 Å². The Kier molecular flexibility index (Phi) is 4.92. The van der Waals surface area contributed by atoms with Gasteiger partial charge in [-0.25, -0.2) is 8.42 Å². The van der Waals surface area contributed by atoms with Gasteiger partial charge in [-0.15, -0.1) is 0 Å². The maximum absolute atomic E-state index is 12.6. The first-order valence-electron chi connectivity index (χ1n) is 6.26. The van der Waals surface area contributed by atoms with Crippen LogP contribution in [0.2, 0.25) is 0 Å². The van der Waals surface area contributed by atoms with E-state index in [-0.39, 0.29) is 18.8 Å². The van der Waals surface area contributed by atoms with Crippen molar-refractivity contribution in [2.24, 2.45) is 0 Å². The summed E-state index contributed by atoms with van der Waals surface area (Å²) in [5, 5.41) is 20.9. The number of sulfonamides is 1. The number of nitro benzene ring substituents is 1. The Labute approximate surface area is 123 Å². The van der Waals surface area contributed by atoms with E-state index < -0.39 is 31.1 Å². The lowest BCUT2D eigenvalue weighted by Crippen LogP contribution is -2.42. The van der Waals surface area contributed by atoms with Crippen LogP contribution in [0.5, 0.6) is 0 Å². The van der Waals surface area contributed by atoms with Crippen LogP contribution in [0.4, 0.5) is 11.4 Å². The zero-order chi connectivity index (χ0) is 16.4. The number of aliphatic hydroxyl groups is 1. The summed E-state index contributed by atoms with van der Waals surface area (Å²) in [4.78, 5) is 9.79. The second-order valence-electron chi connectivity index (χ2n) is 5.19. The van der Waals surface area contributed by atoms with Gasteiger partial charge < -0.3 is 10.8 Å². The average Bonchev–Trinajstić information content (AvgIpc) is 2.33. The van der Waals surface area contributed by atoms with Gasteiger partial charge in [-0.2, -0.15) is 4.31 Å². The van der Waals surface area contributed by atoms with Gasteiger partial charge in [-0.3, -0.25) is 10.1 Å². The van der Waals surface area contributed by atoms with Gasteiger partial charge >= 0.3 is 5.69 Å². The zero-order valence-electron chi connectivity index (χ0n) is 12.1. The van der Waals surface area contributed by atoms with E-state index in [0.29, 0.717) is 0 Å². The molecule has 0 bridgehead atoms. The van der Waals surface area contributed by atoms with Crippen LogP contribution in [0.1, 0.15) is 20.8 Å². The molecule has 0 fully saturated rings. The SMILES string of the molecule is CCN(CC(C)(C)O)S(=O)(=O)c1cccc(N)c1[N+](=O)[O-]. The molecule has 1 rings (SSSR count). The largest absolute Gasteiger partial charge is 0.393 e. The zero-order valence-corrected chi connectivity index (χ0v) is 12.9. The van der Waals surface area contributed by atoms with Crippen LogP contribution in [-0.2, 0) is 10.0 Å².